The maximum absolute atomic E-state index is 12.5. The van der Waals surface area contributed by atoms with E-state index in [1.807, 2.05) is 27.7 Å². The monoisotopic (exact) mass is 441 g/mol. The predicted molar refractivity (Wildman–Crippen MR) is 125 cm³/mol. The number of hydrogen-bond acceptors (Lipinski definition) is 6. The van der Waals surface area contributed by atoms with Crippen LogP contribution in [0.4, 0.5) is 0 Å². The second kappa shape index (κ2) is 16.0. The van der Waals surface area contributed by atoms with E-state index in [-0.39, 0.29) is 23.8 Å². The molecule has 0 aromatic rings. The molecule has 0 bridgehead atoms. The summed E-state index contributed by atoms with van der Waals surface area (Å²) in [4.78, 5) is 24.9. The zero-order valence-corrected chi connectivity index (χ0v) is 21.3. The van der Waals surface area contributed by atoms with E-state index in [4.69, 9.17) is 18.8 Å². The molecule has 0 aromatic carbocycles. The van der Waals surface area contributed by atoms with Gasteiger partial charge in [-0.3, -0.25) is 9.59 Å². The van der Waals surface area contributed by atoms with E-state index >= 15 is 0 Å². The fourth-order valence-corrected chi connectivity index (χ4v) is 2.76. The van der Waals surface area contributed by atoms with Crippen molar-refractivity contribution in [2.75, 3.05) is 13.2 Å². The first-order valence-electron chi connectivity index (χ1n) is 11.9. The Morgan fingerprint density at radius 3 is 1.32 bits per heavy atom. The van der Waals surface area contributed by atoms with Gasteiger partial charge >= 0.3 is 7.69 Å². The lowest BCUT2D eigenvalue weighted by molar-refractivity contribution is -0.136. The lowest BCUT2D eigenvalue weighted by Gasteiger charge is -2.28. The molecule has 0 aliphatic heterocycles. The average Bonchev–Trinajstić information content (AvgIpc) is 2.65. The van der Waals surface area contributed by atoms with Crippen molar-refractivity contribution in [1.82, 2.24) is 0 Å². The number of rotatable bonds is 20. The lowest BCUT2D eigenvalue weighted by atomic mass is 9.95. The number of carbonyl (C=O) groups is 2. The first kappa shape index (κ1) is 30.2. The van der Waals surface area contributed by atoms with Crippen LogP contribution < -0.4 is 0 Å². The molecule has 6 nitrogen and oxygen atoms in total. The highest BCUT2D eigenvalue weighted by Gasteiger charge is 2.32. The Morgan fingerprint density at radius 1 is 0.645 bits per heavy atom. The maximum atomic E-state index is 12.5. The van der Waals surface area contributed by atoms with Crippen LogP contribution in [0, 0.1) is 0 Å². The summed E-state index contributed by atoms with van der Waals surface area (Å²) in [6.45, 7) is 16.4. The molecule has 0 heterocycles. The molecule has 0 aromatic heterocycles. The molecular formula is C24H46BO6. The van der Waals surface area contributed by atoms with Crippen LogP contribution in [0.25, 0.3) is 0 Å². The van der Waals surface area contributed by atoms with Crippen molar-refractivity contribution in [2.24, 2.45) is 0 Å². The van der Waals surface area contributed by atoms with E-state index in [1.165, 1.54) is 0 Å². The van der Waals surface area contributed by atoms with Gasteiger partial charge in [0.05, 0.1) is 12.2 Å². The molecule has 0 rings (SSSR count). The first-order valence-corrected chi connectivity index (χ1v) is 11.9. The summed E-state index contributed by atoms with van der Waals surface area (Å²) in [5.41, 5.74) is -1.96. The van der Waals surface area contributed by atoms with E-state index < -0.39 is 11.2 Å². The Kier molecular flexibility index (Phi) is 15.6. The van der Waals surface area contributed by atoms with Crippen molar-refractivity contribution in [2.45, 2.75) is 130 Å². The van der Waals surface area contributed by atoms with Gasteiger partial charge in [-0.05, 0) is 81.1 Å². The van der Waals surface area contributed by atoms with Crippen LogP contribution in [-0.2, 0) is 28.4 Å². The van der Waals surface area contributed by atoms with Crippen molar-refractivity contribution in [3.63, 3.8) is 0 Å². The van der Waals surface area contributed by atoms with E-state index in [2.05, 4.69) is 0 Å². The molecule has 0 unspecified atom stereocenters. The fraction of sp³-hybridized carbons (Fsp3) is 0.917. The van der Waals surface area contributed by atoms with Gasteiger partial charge in [-0.25, -0.2) is 0 Å². The molecule has 0 atom stereocenters. The fourth-order valence-electron chi connectivity index (χ4n) is 2.76. The number of Topliss-reactive ketones (excluding diaryl/α,β-unsaturated/α-hetero) is 2. The molecule has 0 amide bonds. The summed E-state index contributed by atoms with van der Waals surface area (Å²) in [5, 5.41) is 0. The normalized spacial score (nSPS) is 12.6. The minimum atomic E-state index is -0.982. The molecule has 31 heavy (non-hydrogen) atoms. The van der Waals surface area contributed by atoms with Crippen molar-refractivity contribution in [3.8, 4) is 0 Å². The standard InChI is InChI=1S/C24H46BO6/c1-19(2)28-17-13-9-11-15-21(26)23(5,6)30-25-31-24(7,8)22(27)16-12-10-14-18-29-20(3)4/h19-20H,9-18H2,1-8H3. The molecule has 0 aliphatic carbocycles. The van der Waals surface area contributed by atoms with E-state index in [0.29, 0.717) is 12.8 Å². The van der Waals surface area contributed by atoms with Crippen LogP contribution in [-0.4, -0.2) is 55.9 Å². The number of unbranched alkanes of at least 4 members (excludes halogenated alkanes) is 4. The molecule has 0 saturated carbocycles. The zero-order valence-electron chi connectivity index (χ0n) is 21.3. The van der Waals surface area contributed by atoms with Gasteiger partial charge in [0.1, 0.15) is 11.2 Å². The Bertz CT molecular complexity index is 458. The third-order valence-corrected chi connectivity index (χ3v) is 5.03. The van der Waals surface area contributed by atoms with Crippen molar-refractivity contribution in [3.05, 3.63) is 0 Å². The van der Waals surface area contributed by atoms with Gasteiger partial charge < -0.3 is 18.8 Å². The average molecular weight is 441 g/mol. The summed E-state index contributed by atoms with van der Waals surface area (Å²) in [5.74, 6) is 0.0368. The van der Waals surface area contributed by atoms with Crippen LogP contribution in [0.15, 0.2) is 0 Å². The smallest absolute Gasteiger partial charge is 0.401 e. The summed E-state index contributed by atoms with van der Waals surface area (Å²) in [6.07, 6.45) is 6.78. The number of ether oxygens (including phenoxy) is 2. The van der Waals surface area contributed by atoms with Gasteiger partial charge in [-0.15, -0.1) is 0 Å². The van der Waals surface area contributed by atoms with E-state index in [0.717, 1.165) is 59.4 Å². The summed E-state index contributed by atoms with van der Waals surface area (Å²) in [6, 6.07) is 0. The molecule has 0 fully saturated rings. The van der Waals surface area contributed by atoms with Gasteiger partial charge in [0, 0.05) is 26.1 Å². The molecular weight excluding hydrogens is 395 g/mol. The number of ketones is 2. The first-order chi connectivity index (χ1) is 14.4. The van der Waals surface area contributed by atoms with Gasteiger partial charge in [0.25, 0.3) is 0 Å². The van der Waals surface area contributed by atoms with Crippen molar-refractivity contribution in [1.29, 1.82) is 0 Å². The van der Waals surface area contributed by atoms with Gasteiger partial charge in [0.15, 0.2) is 11.6 Å². The summed E-state index contributed by atoms with van der Waals surface area (Å²) in [7, 11) is 1.16. The van der Waals surface area contributed by atoms with Crippen LogP contribution in [0.1, 0.15) is 107 Å². The van der Waals surface area contributed by atoms with Crippen LogP contribution in [0.5, 0.6) is 0 Å². The highest BCUT2D eigenvalue weighted by molar-refractivity contribution is 6.20. The summed E-state index contributed by atoms with van der Waals surface area (Å²) < 4.78 is 22.2. The second-order valence-corrected chi connectivity index (χ2v) is 9.66. The second-order valence-electron chi connectivity index (χ2n) is 9.66. The van der Waals surface area contributed by atoms with Crippen LogP contribution in [0.3, 0.4) is 0 Å². The highest BCUT2D eigenvalue weighted by Crippen LogP contribution is 2.19. The highest BCUT2D eigenvalue weighted by atomic mass is 16.6. The third-order valence-electron chi connectivity index (χ3n) is 5.03. The Balaban J connectivity index is 4.08. The minimum Gasteiger partial charge on any atom is -0.401 e. The third kappa shape index (κ3) is 15.6. The Morgan fingerprint density at radius 2 is 1.00 bits per heavy atom. The topological polar surface area (TPSA) is 71.1 Å². The SMILES string of the molecule is CC(C)OCCCCCC(=O)C(C)(C)O[B]OC(C)(C)C(=O)CCCCCOC(C)C. The largest absolute Gasteiger partial charge is 0.489 e. The molecule has 0 aliphatic rings. The van der Waals surface area contributed by atoms with Crippen LogP contribution in [0.2, 0.25) is 0 Å². The number of carbonyl (C=O) groups excluding carboxylic acids is 2. The predicted octanol–water partition coefficient (Wildman–Crippen LogP) is 5.22. The van der Waals surface area contributed by atoms with Gasteiger partial charge in [0.2, 0.25) is 0 Å². The zero-order chi connectivity index (χ0) is 23.9. The maximum Gasteiger partial charge on any atom is 0.489 e. The molecule has 0 N–H and O–H groups in total. The summed E-state index contributed by atoms with van der Waals surface area (Å²) >= 11 is 0. The van der Waals surface area contributed by atoms with Crippen LogP contribution >= 0.6 is 0 Å². The molecule has 7 heteroatoms. The van der Waals surface area contributed by atoms with E-state index in [9.17, 15) is 9.59 Å². The molecule has 0 spiro atoms. The minimum absolute atomic E-state index is 0.0184. The van der Waals surface area contributed by atoms with Gasteiger partial charge in [-0.2, -0.15) is 0 Å². The molecule has 0 saturated heterocycles. The Hall–Kier alpha value is -0.755. The lowest BCUT2D eigenvalue weighted by Crippen LogP contribution is -2.41. The number of hydrogen-bond donors (Lipinski definition) is 0. The van der Waals surface area contributed by atoms with Crippen molar-refractivity contribution < 1.29 is 28.4 Å². The quantitative estimate of drug-likeness (QED) is 0.191. The Labute approximate surface area is 191 Å². The van der Waals surface area contributed by atoms with Crippen molar-refractivity contribution >= 4 is 19.3 Å². The molecule has 1 radical (unpaired) electrons. The van der Waals surface area contributed by atoms with Gasteiger partial charge in [-0.1, -0.05) is 12.8 Å². The molecule has 181 valence electrons. The van der Waals surface area contributed by atoms with E-state index in [1.54, 1.807) is 27.7 Å².